The lowest BCUT2D eigenvalue weighted by Gasteiger charge is -2.14. The summed E-state index contributed by atoms with van der Waals surface area (Å²) in [6.45, 7) is 3.46. The highest BCUT2D eigenvalue weighted by molar-refractivity contribution is 5.56. The number of benzene rings is 1. The number of terminal acetylenes is 1. The van der Waals surface area contributed by atoms with Gasteiger partial charge in [0.05, 0.1) is 19.3 Å². The van der Waals surface area contributed by atoms with E-state index in [1.54, 1.807) is 0 Å². The van der Waals surface area contributed by atoms with Crippen LogP contribution in [0, 0.1) is 12.3 Å². The minimum Gasteiger partial charge on any atom is -0.490 e. The Morgan fingerprint density at radius 3 is 2.82 bits per heavy atom. The molecule has 3 heteroatoms. The summed E-state index contributed by atoms with van der Waals surface area (Å²) in [6.07, 6.45) is 7.24. The Hall–Kier alpha value is -1.82. The lowest BCUT2D eigenvalue weighted by atomic mass is 10.2. The van der Waals surface area contributed by atoms with E-state index in [1.807, 2.05) is 18.2 Å². The molecule has 1 N–H and O–H groups in total. The van der Waals surface area contributed by atoms with Gasteiger partial charge in [0.15, 0.2) is 11.5 Å². The van der Waals surface area contributed by atoms with Crippen LogP contribution in [0.1, 0.15) is 19.8 Å². The van der Waals surface area contributed by atoms with Crippen LogP contribution in [0.2, 0.25) is 0 Å². The maximum atomic E-state index is 5.62. The highest BCUT2D eigenvalue weighted by Crippen LogP contribution is 2.32. The van der Waals surface area contributed by atoms with Crippen molar-refractivity contribution in [2.24, 2.45) is 0 Å². The van der Waals surface area contributed by atoms with Gasteiger partial charge in [0.2, 0.25) is 0 Å². The molecule has 0 saturated heterocycles. The second-order valence-corrected chi connectivity index (χ2v) is 3.98. The first-order valence-electron chi connectivity index (χ1n) is 5.96. The standard InChI is InChI=1S/C14H17NO2/c1-3-11(4-2)15-12-6-7-13-14(10-12)17-9-5-8-16-13/h1,6-7,10-11,15H,4-5,8-9H2,2H3. The maximum absolute atomic E-state index is 5.62. The van der Waals surface area contributed by atoms with Gasteiger partial charge >= 0.3 is 0 Å². The number of anilines is 1. The Morgan fingerprint density at radius 2 is 2.12 bits per heavy atom. The van der Waals surface area contributed by atoms with E-state index < -0.39 is 0 Å². The predicted molar refractivity (Wildman–Crippen MR) is 68.6 cm³/mol. The molecule has 0 saturated carbocycles. The molecule has 0 aliphatic carbocycles. The fourth-order valence-corrected chi connectivity index (χ4v) is 1.72. The topological polar surface area (TPSA) is 30.5 Å². The van der Waals surface area contributed by atoms with Gasteiger partial charge in [-0.1, -0.05) is 12.8 Å². The molecule has 1 aromatic carbocycles. The first-order chi connectivity index (χ1) is 8.33. The number of hydrogen-bond acceptors (Lipinski definition) is 3. The molecule has 1 atom stereocenters. The van der Waals surface area contributed by atoms with Crippen LogP contribution in [0.15, 0.2) is 18.2 Å². The highest BCUT2D eigenvalue weighted by Gasteiger charge is 2.11. The smallest absolute Gasteiger partial charge is 0.163 e. The highest BCUT2D eigenvalue weighted by atomic mass is 16.5. The summed E-state index contributed by atoms with van der Waals surface area (Å²) < 4.78 is 11.2. The third-order valence-electron chi connectivity index (χ3n) is 2.70. The molecule has 1 aromatic rings. The molecule has 0 amide bonds. The quantitative estimate of drug-likeness (QED) is 0.811. The second kappa shape index (κ2) is 5.49. The van der Waals surface area contributed by atoms with E-state index in [2.05, 4.69) is 18.2 Å². The van der Waals surface area contributed by atoms with Crippen molar-refractivity contribution < 1.29 is 9.47 Å². The molecule has 1 aliphatic heterocycles. The molecule has 17 heavy (non-hydrogen) atoms. The summed E-state index contributed by atoms with van der Waals surface area (Å²) in [5.41, 5.74) is 0.971. The Morgan fingerprint density at radius 1 is 1.35 bits per heavy atom. The van der Waals surface area contributed by atoms with Gasteiger partial charge in [-0.25, -0.2) is 0 Å². The molecule has 90 valence electrons. The van der Waals surface area contributed by atoms with Gasteiger partial charge in [0.1, 0.15) is 0 Å². The SMILES string of the molecule is C#CC(CC)Nc1ccc2c(c1)OCCCO2. The number of ether oxygens (including phenoxy) is 2. The minimum absolute atomic E-state index is 0.0553. The van der Waals surface area contributed by atoms with E-state index in [4.69, 9.17) is 15.9 Å². The molecule has 0 fully saturated rings. The van der Waals surface area contributed by atoms with Crippen LogP contribution in [0.3, 0.4) is 0 Å². The Bertz CT molecular complexity index is 423. The summed E-state index contributed by atoms with van der Waals surface area (Å²) in [6, 6.07) is 5.89. The van der Waals surface area contributed by atoms with Crippen LogP contribution in [0.4, 0.5) is 5.69 Å². The number of fused-ring (bicyclic) bond motifs is 1. The Labute approximate surface area is 102 Å². The van der Waals surface area contributed by atoms with E-state index in [-0.39, 0.29) is 6.04 Å². The normalized spacial score (nSPS) is 15.5. The van der Waals surface area contributed by atoms with Gasteiger partial charge in [0.25, 0.3) is 0 Å². The lowest BCUT2D eigenvalue weighted by Crippen LogP contribution is -2.15. The number of hydrogen-bond donors (Lipinski definition) is 1. The van der Waals surface area contributed by atoms with E-state index in [1.165, 1.54) is 0 Å². The summed E-state index contributed by atoms with van der Waals surface area (Å²) in [5, 5.41) is 3.28. The van der Waals surface area contributed by atoms with Gasteiger partial charge in [-0.15, -0.1) is 6.42 Å². The van der Waals surface area contributed by atoms with Gasteiger partial charge in [-0.2, -0.15) is 0 Å². The van der Waals surface area contributed by atoms with Crippen LogP contribution in [-0.2, 0) is 0 Å². The Balaban J connectivity index is 2.15. The van der Waals surface area contributed by atoms with Gasteiger partial charge in [0, 0.05) is 18.2 Å². The summed E-state index contributed by atoms with van der Waals surface area (Å²) >= 11 is 0. The molecule has 2 rings (SSSR count). The zero-order valence-electron chi connectivity index (χ0n) is 10.0. The van der Waals surface area contributed by atoms with Gasteiger partial charge in [-0.3, -0.25) is 0 Å². The van der Waals surface area contributed by atoms with E-state index in [0.29, 0.717) is 13.2 Å². The van der Waals surface area contributed by atoms with Gasteiger partial charge < -0.3 is 14.8 Å². The summed E-state index contributed by atoms with van der Waals surface area (Å²) in [7, 11) is 0. The monoisotopic (exact) mass is 231 g/mol. The summed E-state index contributed by atoms with van der Waals surface area (Å²) in [5.74, 6) is 4.31. The van der Waals surface area contributed by atoms with Crippen molar-refractivity contribution >= 4 is 5.69 Å². The first kappa shape index (κ1) is 11.7. The zero-order valence-corrected chi connectivity index (χ0v) is 10.0. The molecule has 1 heterocycles. The van der Waals surface area contributed by atoms with Crippen LogP contribution < -0.4 is 14.8 Å². The van der Waals surface area contributed by atoms with Crippen molar-refractivity contribution in [2.75, 3.05) is 18.5 Å². The maximum Gasteiger partial charge on any atom is 0.163 e. The van der Waals surface area contributed by atoms with Crippen molar-refractivity contribution in [3.63, 3.8) is 0 Å². The number of rotatable bonds is 3. The van der Waals surface area contributed by atoms with E-state index in [0.717, 1.165) is 30.0 Å². The van der Waals surface area contributed by atoms with Gasteiger partial charge in [-0.05, 0) is 18.6 Å². The van der Waals surface area contributed by atoms with Crippen molar-refractivity contribution in [1.29, 1.82) is 0 Å². The molecule has 0 spiro atoms. The van der Waals surface area contributed by atoms with Crippen molar-refractivity contribution in [2.45, 2.75) is 25.8 Å². The average molecular weight is 231 g/mol. The van der Waals surface area contributed by atoms with Crippen LogP contribution in [-0.4, -0.2) is 19.3 Å². The van der Waals surface area contributed by atoms with Crippen LogP contribution in [0.5, 0.6) is 11.5 Å². The number of nitrogens with one attached hydrogen (secondary N) is 1. The minimum atomic E-state index is 0.0553. The van der Waals surface area contributed by atoms with Crippen molar-refractivity contribution in [3.05, 3.63) is 18.2 Å². The molecule has 3 nitrogen and oxygen atoms in total. The lowest BCUT2D eigenvalue weighted by molar-refractivity contribution is 0.297. The fraction of sp³-hybridized carbons (Fsp3) is 0.429. The van der Waals surface area contributed by atoms with Crippen LogP contribution >= 0.6 is 0 Å². The van der Waals surface area contributed by atoms with Crippen LogP contribution in [0.25, 0.3) is 0 Å². The predicted octanol–water partition coefficient (Wildman–Crippen LogP) is 2.67. The Kier molecular flexibility index (Phi) is 3.77. The first-order valence-corrected chi connectivity index (χ1v) is 5.96. The molecule has 0 bridgehead atoms. The molecule has 1 aliphatic rings. The van der Waals surface area contributed by atoms with Crippen molar-refractivity contribution in [3.8, 4) is 23.8 Å². The summed E-state index contributed by atoms with van der Waals surface area (Å²) in [4.78, 5) is 0. The molecular formula is C14H17NO2. The molecule has 0 radical (unpaired) electrons. The largest absolute Gasteiger partial charge is 0.490 e. The second-order valence-electron chi connectivity index (χ2n) is 3.98. The molecule has 1 unspecified atom stereocenters. The average Bonchev–Trinajstić information content (AvgIpc) is 2.60. The molecule has 0 aromatic heterocycles. The fourth-order valence-electron chi connectivity index (χ4n) is 1.72. The van der Waals surface area contributed by atoms with Crippen molar-refractivity contribution in [1.82, 2.24) is 0 Å². The van der Waals surface area contributed by atoms with E-state index in [9.17, 15) is 0 Å². The molecular weight excluding hydrogens is 214 g/mol. The third kappa shape index (κ3) is 2.85. The zero-order chi connectivity index (χ0) is 12.1. The third-order valence-corrected chi connectivity index (χ3v) is 2.70. The van der Waals surface area contributed by atoms with E-state index >= 15 is 0 Å².